The summed E-state index contributed by atoms with van der Waals surface area (Å²) in [5.74, 6) is 2.17. The molecule has 150 valence electrons. The first-order chi connectivity index (χ1) is 13.5. The molecule has 2 heterocycles. The molecule has 1 aliphatic heterocycles. The number of aryl methyl sites for hydroxylation is 2. The third-order valence-electron chi connectivity index (χ3n) is 4.81. The van der Waals surface area contributed by atoms with E-state index in [1.54, 1.807) is 7.11 Å². The molecule has 1 fully saturated rings. The molecule has 0 unspecified atom stereocenters. The zero-order valence-corrected chi connectivity index (χ0v) is 16.8. The Morgan fingerprint density at radius 2 is 1.89 bits per heavy atom. The van der Waals surface area contributed by atoms with Crippen LogP contribution in [0.1, 0.15) is 29.9 Å². The number of carbonyl (C=O) groups is 1. The van der Waals surface area contributed by atoms with Gasteiger partial charge in [-0.25, -0.2) is 9.78 Å². The second-order valence-electron chi connectivity index (χ2n) is 7.03. The lowest BCUT2D eigenvalue weighted by Crippen LogP contribution is -2.46. The van der Waals surface area contributed by atoms with E-state index in [9.17, 15) is 4.79 Å². The van der Waals surface area contributed by atoms with Gasteiger partial charge in [0, 0.05) is 44.2 Å². The second kappa shape index (κ2) is 9.39. The number of hydrogen-bond acceptors (Lipinski definition) is 5. The average Bonchev–Trinajstić information content (AvgIpc) is 2.68. The van der Waals surface area contributed by atoms with Gasteiger partial charge in [0.2, 0.25) is 5.88 Å². The van der Waals surface area contributed by atoms with Crippen molar-refractivity contribution < 1.29 is 14.3 Å². The van der Waals surface area contributed by atoms with E-state index in [0.29, 0.717) is 31.3 Å². The number of piperidine rings is 1. The predicted molar refractivity (Wildman–Crippen MR) is 107 cm³/mol. The quantitative estimate of drug-likeness (QED) is 0.829. The molecule has 3 rings (SSSR count). The van der Waals surface area contributed by atoms with Gasteiger partial charge in [-0.1, -0.05) is 12.1 Å². The molecule has 0 aliphatic carbocycles. The van der Waals surface area contributed by atoms with Crippen molar-refractivity contribution in [1.82, 2.24) is 20.2 Å². The fourth-order valence-electron chi connectivity index (χ4n) is 3.31. The van der Waals surface area contributed by atoms with Gasteiger partial charge < -0.3 is 19.7 Å². The number of likely N-dealkylation sites (tertiary alicyclic amines) is 1. The number of ether oxygens (including phenoxy) is 2. The summed E-state index contributed by atoms with van der Waals surface area (Å²) in [5, 5.41) is 3.00. The van der Waals surface area contributed by atoms with Crippen molar-refractivity contribution >= 4 is 6.03 Å². The number of hydrogen-bond donors (Lipinski definition) is 1. The summed E-state index contributed by atoms with van der Waals surface area (Å²) >= 11 is 0. The SMILES string of the molecule is COc1ccc(CCNC(=O)N2CCC(Oc3cc(C)nc(C)n3)CC2)cc1. The van der Waals surface area contributed by atoms with Crippen LogP contribution in [0.4, 0.5) is 4.79 Å². The van der Waals surface area contributed by atoms with E-state index in [0.717, 1.165) is 30.7 Å². The highest BCUT2D eigenvalue weighted by atomic mass is 16.5. The van der Waals surface area contributed by atoms with Crippen LogP contribution >= 0.6 is 0 Å². The summed E-state index contributed by atoms with van der Waals surface area (Å²) in [6, 6.07) is 9.74. The van der Waals surface area contributed by atoms with Gasteiger partial charge in [-0.15, -0.1) is 0 Å². The number of aromatic nitrogens is 2. The minimum atomic E-state index is -0.0133. The number of rotatable bonds is 6. The van der Waals surface area contributed by atoms with Crippen LogP contribution in [0, 0.1) is 13.8 Å². The van der Waals surface area contributed by atoms with Crippen molar-refractivity contribution in [1.29, 1.82) is 0 Å². The zero-order chi connectivity index (χ0) is 19.9. The van der Waals surface area contributed by atoms with Gasteiger partial charge in [0.25, 0.3) is 0 Å². The van der Waals surface area contributed by atoms with Crippen LogP contribution < -0.4 is 14.8 Å². The van der Waals surface area contributed by atoms with Crippen LogP contribution in [0.25, 0.3) is 0 Å². The third kappa shape index (κ3) is 5.58. The largest absolute Gasteiger partial charge is 0.497 e. The highest BCUT2D eigenvalue weighted by Gasteiger charge is 2.24. The van der Waals surface area contributed by atoms with E-state index < -0.39 is 0 Å². The van der Waals surface area contributed by atoms with Gasteiger partial charge in [-0.3, -0.25) is 0 Å². The summed E-state index contributed by atoms with van der Waals surface area (Å²) in [6.45, 7) is 5.77. The third-order valence-corrected chi connectivity index (χ3v) is 4.81. The first-order valence-corrected chi connectivity index (χ1v) is 9.68. The first kappa shape index (κ1) is 19.9. The molecular weight excluding hydrogens is 356 g/mol. The number of carbonyl (C=O) groups excluding carboxylic acids is 1. The van der Waals surface area contributed by atoms with E-state index in [2.05, 4.69) is 15.3 Å². The minimum Gasteiger partial charge on any atom is -0.497 e. The summed E-state index contributed by atoms with van der Waals surface area (Å²) in [6.07, 6.45) is 2.47. The van der Waals surface area contributed by atoms with Crippen LogP contribution in [-0.4, -0.2) is 53.7 Å². The standard InChI is InChI=1S/C21H28N4O3/c1-15-14-20(24-16(2)23-15)28-19-9-12-25(13-10-19)21(26)22-11-8-17-4-6-18(27-3)7-5-17/h4-7,14,19H,8-13H2,1-3H3,(H,22,26). The maximum absolute atomic E-state index is 12.4. The Hall–Kier alpha value is -2.83. The van der Waals surface area contributed by atoms with Gasteiger partial charge in [0.05, 0.1) is 7.11 Å². The van der Waals surface area contributed by atoms with Gasteiger partial charge in [0.15, 0.2) is 0 Å². The van der Waals surface area contributed by atoms with Crippen LogP contribution in [0.5, 0.6) is 11.6 Å². The number of nitrogens with one attached hydrogen (secondary N) is 1. The smallest absolute Gasteiger partial charge is 0.317 e. The fourth-order valence-corrected chi connectivity index (χ4v) is 3.31. The zero-order valence-electron chi connectivity index (χ0n) is 16.8. The first-order valence-electron chi connectivity index (χ1n) is 9.68. The van der Waals surface area contributed by atoms with E-state index in [4.69, 9.17) is 9.47 Å². The molecule has 7 nitrogen and oxygen atoms in total. The molecule has 0 saturated carbocycles. The Kier molecular flexibility index (Phi) is 6.68. The molecule has 1 aliphatic rings. The van der Waals surface area contributed by atoms with Crippen molar-refractivity contribution in [2.24, 2.45) is 0 Å². The molecule has 0 spiro atoms. The Bertz CT molecular complexity index is 766. The van der Waals surface area contributed by atoms with Crippen LogP contribution in [0.2, 0.25) is 0 Å². The Morgan fingerprint density at radius 1 is 1.18 bits per heavy atom. The minimum absolute atomic E-state index is 0.0133. The second-order valence-corrected chi connectivity index (χ2v) is 7.03. The summed E-state index contributed by atoms with van der Waals surface area (Å²) in [7, 11) is 1.65. The molecule has 2 amide bonds. The topological polar surface area (TPSA) is 76.6 Å². The van der Waals surface area contributed by atoms with Crippen molar-refractivity contribution in [2.75, 3.05) is 26.7 Å². The number of nitrogens with zero attached hydrogens (tertiary/aromatic N) is 3. The van der Waals surface area contributed by atoms with E-state index in [-0.39, 0.29) is 12.1 Å². The molecule has 1 aromatic carbocycles. The molecular formula is C21H28N4O3. The maximum Gasteiger partial charge on any atom is 0.317 e. The molecule has 0 bridgehead atoms. The van der Waals surface area contributed by atoms with Gasteiger partial charge in [-0.05, 0) is 38.0 Å². The molecule has 7 heteroatoms. The Morgan fingerprint density at radius 3 is 2.54 bits per heavy atom. The predicted octanol–water partition coefficient (Wildman–Crippen LogP) is 2.90. The van der Waals surface area contributed by atoms with Crippen molar-refractivity contribution in [3.63, 3.8) is 0 Å². The molecule has 1 aromatic heterocycles. The molecule has 0 atom stereocenters. The lowest BCUT2D eigenvalue weighted by atomic mass is 10.1. The molecule has 2 aromatic rings. The monoisotopic (exact) mass is 384 g/mol. The summed E-state index contributed by atoms with van der Waals surface area (Å²) < 4.78 is 11.1. The van der Waals surface area contributed by atoms with E-state index in [1.807, 2.05) is 49.1 Å². The van der Waals surface area contributed by atoms with Gasteiger partial charge in [0.1, 0.15) is 17.7 Å². The van der Waals surface area contributed by atoms with Crippen LogP contribution in [-0.2, 0) is 6.42 Å². The number of methoxy groups -OCH3 is 1. The number of amides is 2. The molecule has 0 radical (unpaired) electrons. The fraction of sp³-hybridized carbons (Fsp3) is 0.476. The van der Waals surface area contributed by atoms with Gasteiger partial charge >= 0.3 is 6.03 Å². The highest BCUT2D eigenvalue weighted by molar-refractivity contribution is 5.74. The Balaban J connectivity index is 1.39. The molecule has 1 saturated heterocycles. The summed E-state index contributed by atoms with van der Waals surface area (Å²) in [4.78, 5) is 22.8. The summed E-state index contributed by atoms with van der Waals surface area (Å²) in [5.41, 5.74) is 2.07. The maximum atomic E-state index is 12.4. The lowest BCUT2D eigenvalue weighted by molar-refractivity contribution is 0.107. The van der Waals surface area contributed by atoms with Crippen molar-refractivity contribution in [3.05, 3.63) is 47.4 Å². The van der Waals surface area contributed by atoms with E-state index in [1.165, 1.54) is 5.56 Å². The van der Waals surface area contributed by atoms with E-state index >= 15 is 0 Å². The Labute approximate surface area is 166 Å². The normalized spacial score (nSPS) is 14.6. The van der Waals surface area contributed by atoms with Gasteiger partial charge in [-0.2, -0.15) is 4.98 Å². The number of urea groups is 1. The number of benzene rings is 1. The van der Waals surface area contributed by atoms with Crippen LogP contribution in [0.15, 0.2) is 30.3 Å². The molecule has 28 heavy (non-hydrogen) atoms. The highest BCUT2D eigenvalue weighted by Crippen LogP contribution is 2.18. The van der Waals surface area contributed by atoms with Crippen molar-refractivity contribution in [2.45, 2.75) is 39.2 Å². The van der Waals surface area contributed by atoms with Crippen LogP contribution in [0.3, 0.4) is 0 Å². The lowest BCUT2D eigenvalue weighted by Gasteiger charge is -2.32. The van der Waals surface area contributed by atoms with Crippen molar-refractivity contribution in [3.8, 4) is 11.6 Å². The molecule has 1 N–H and O–H groups in total. The average molecular weight is 384 g/mol.